The molecule has 0 saturated carbocycles. The smallest absolute Gasteiger partial charge is 0.239 e. The fraction of sp³-hybridized carbons (Fsp3) is 0.448. The molecule has 2 heterocycles. The molecule has 1 aliphatic rings. The van der Waals surface area contributed by atoms with Crippen molar-refractivity contribution < 1.29 is 13.7 Å². The number of anilines is 1. The van der Waals surface area contributed by atoms with E-state index in [2.05, 4.69) is 48.9 Å². The van der Waals surface area contributed by atoms with E-state index < -0.39 is 17.0 Å². The lowest BCUT2D eigenvalue weighted by Crippen LogP contribution is -2.59. The number of carbonyl (C=O) groups excluding carboxylic acids is 1. The Morgan fingerprint density at radius 2 is 1.87 bits per heavy atom. The summed E-state index contributed by atoms with van der Waals surface area (Å²) in [6.07, 6.45) is 5.99. The molecule has 3 aromatic rings. The van der Waals surface area contributed by atoms with Gasteiger partial charge in [-0.15, -0.1) is 0 Å². The van der Waals surface area contributed by atoms with Gasteiger partial charge in [0.15, 0.2) is 0 Å². The van der Waals surface area contributed by atoms with E-state index in [1.165, 1.54) is 5.56 Å². The number of nitrogens with one attached hydrogen (secondary N) is 1. The summed E-state index contributed by atoms with van der Waals surface area (Å²) in [5.41, 5.74) is 4.56. The van der Waals surface area contributed by atoms with E-state index >= 15 is 0 Å². The van der Waals surface area contributed by atoms with Crippen molar-refractivity contribution >= 4 is 22.6 Å². The lowest BCUT2D eigenvalue weighted by molar-refractivity contribution is -0.126. The lowest BCUT2D eigenvalue weighted by atomic mass is 10.2. The molecule has 9 nitrogen and oxygen atoms in total. The van der Waals surface area contributed by atoms with Gasteiger partial charge in [0, 0.05) is 83.6 Å². The monoisotopic (exact) mass is 552 g/mol. The minimum atomic E-state index is -1.22. The minimum absolute atomic E-state index is 0.0922. The third kappa shape index (κ3) is 8.47. The second-order valence-electron chi connectivity index (χ2n) is 10.0. The number of rotatable bonds is 13. The van der Waals surface area contributed by atoms with E-state index in [9.17, 15) is 9.00 Å². The molecular weight excluding hydrogens is 512 g/mol. The molecule has 39 heavy (non-hydrogen) atoms. The van der Waals surface area contributed by atoms with Crippen LogP contribution in [0.5, 0.6) is 0 Å². The third-order valence-electron chi connectivity index (χ3n) is 7.00. The van der Waals surface area contributed by atoms with E-state index in [-0.39, 0.29) is 5.91 Å². The van der Waals surface area contributed by atoms with Gasteiger partial charge in [-0.1, -0.05) is 42.5 Å². The van der Waals surface area contributed by atoms with Crippen molar-refractivity contribution in [3.8, 4) is 0 Å². The Labute approximate surface area is 234 Å². The lowest BCUT2D eigenvalue weighted by Gasteiger charge is -2.38. The molecule has 0 aliphatic carbocycles. The van der Waals surface area contributed by atoms with Crippen LogP contribution in [0.2, 0.25) is 0 Å². The maximum Gasteiger partial charge on any atom is 0.239 e. The predicted octanol–water partition coefficient (Wildman–Crippen LogP) is 2.15. The normalized spacial score (nSPS) is 17.2. The summed E-state index contributed by atoms with van der Waals surface area (Å²) in [6.45, 7) is 4.97. The largest absolute Gasteiger partial charge is 0.378 e. The average molecular weight is 553 g/mol. The van der Waals surface area contributed by atoms with Crippen LogP contribution in [0.3, 0.4) is 0 Å². The van der Waals surface area contributed by atoms with Crippen LogP contribution in [0.4, 0.5) is 5.69 Å². The van der Waals surface area contributed by atoms with Crippen LogP contribution in [0.1, 0.15) is 16.8 Å². The van der Waals surface area contributed by atoms with Crippen LogP contribution in [0.25, 0.3) is 0 Å². The van der Waals surface area contributed by atoms with Crippen LogP contribution >= 0.6 is 0 Å². The van der Waals surface area contributed by atoms with Crippen LogP contribution in [-0.2, 0) is 40.1 Å². The van der Waals surface area contributed by atoms with Crippen molar-refractivity contribution in [1.82, 2.24) is 24.1 Å². The first kappa shape index (κ1) is 28.9. The molecule has 1 saturated heterocycles. The van der Waals surface area contributed by atoms with Crippen LogP contribution < -0.4 is 10.2 Å². The molecule has 0 bridgehead atoms. The van der Waals surface area contributed by atoms with Crippen LogP contribution in [-0.4, -0.2) is 94.6 Å². The van der Waals surface area contributed by atoms with Crippen LogP contribution in [0.15, 0.2) is 67.1 Å². The number of amides is 1. The Morgan fingerprint density at radius 3 is 2.59 bits per heavy atom. The number of nitrogens with zero attached hydrogens (tertiary/aromatic N) is 5. The number of imidazole rings is 1. The van der Waals surface area contributed by atoms with Gasteiger partial charge in [-0.3, -0.25) is 9.69 Å². The number of benzene rings is 2. The van der Waals surface area contributed by atoms with Crippen molar-refractivity contribution in [2.75, 3.05) is 64.6 Å². The van der Waals surface area contributed by atoms with E-state index in [0.29, 0.717) is 39.3 Å². The topological polar surface area (TPSA) is 82.9 Å². The first-order valence-electron chi connectivity index (χ1n) is 13.4. The van der Waals surface area contributed by atoms with Crippen molar-refractivity contribution in [3.05, 3.63) is 83.9 Å². The highest BCUT2D eigenvalue weighted by Crippen LogP contribution is 2.15. The summed E-state index contributed by atoms with van der Waals surface area (Å²) in [4.78, 5) is 21.8. The van der Waals surface area contributed by atoms with E-state index in [1.807, 2.05) is 57.0 Å². The number of ether oxygens (including phenoxy) is 1. The minimum Gasteiger partial charge on any atom is -0.378 e. The quantitative estimate of drug-likeness (QED) is 0.327. The number of hydrogen-bond acceptors (Lipinski definition) is 6. The maximum absolute atomic E-state index is 13.2. The molecule has 0 radical (unpaired) electrons. The molecule has 1 aliphatic heterocycles. The van der Waals surface area contributed by atoms with Gasteiger partial charge in [-0.2, -0.15) is 0 Å². The Bertz CT molecular complexity index is 1200. The van der Waals surface area contributed by atoms with Crippen molar-refractivity contribution in [2.24, 2.45) is 0 Å². The van der Waals surface area contributed by atoms with Gasteiger partial charge in [0.05, 0.1) is 30.5 Å². The SMILES string of the molecule is CN(C)c1ccc(Cn2cncc2CCNC(=O)C2CN(CCOCc3ccccc3)CCN2S(C)=O)cc1. The van der Waals surface area contributed by atoms with Gasteiger partial charge >= 0.3 is 0 Å². The number of hydrogen-bond donors (Lipinski definition) is 1. The number of piperazine rings is 1. The average Bonchev–Trinajstić information content (AvgIpc) is 3.38. The molecule has 4 rings (SSSR count). The van der Waals surface area contributed by atoms with Crippen LogP contribution in [0, 0.1) is 0 Å². The second-order valence-corrected chi connectivity index (χ2v) is 11.4. The van der Waals surface area contributed by atoms with Gasteiger partial charge in [0.2, 0.25) is 5.91 Å². The van der Waals surface area contributed by atoms with E-state index in [1.54, 1.807) is 10.6 Å². The van der Waals surface area contributed by atoms with Gasteiger partial charge in [0.1, 0.15) is 6.04 Å². The molecular formula is C29H40N6O3S. The highest BCUT2D eigenvalue weighted by Gasteiger charge is 2.34. The Hall–Kier alpha value is -3.05. The second kappa shape index (κ2) is 14.4. The zero-order valence-corrected chi connectivity index (χ0v) is 24.0. The summed E-state index contributed by atoms with van der Waals surface area (Å²) in [7, 11) is 2.84. The molecule has 2 unspecified atom stereocenters. The predicted molar refractivity (Wildman–Crippen MR) is 156 cm³/mol. The highest BCUT2D eigenvalue weighted by atomic mass is 32.2. The zero-order valence-electron chi connectivity index (χ0n) is 23.2. The molecule has 210 valence electrons. The Morgan fingerprint density at radius 1 is 1.10 bits per heavy atom. The highest BCUT2D eigenvalue weighted by molar-refractivity contribution is 7.81. The van der Waals surface area contributed by atoms with Crippen molar-refractivity contribution in [2.45, 2.75) is 25.6 Å². The van der Waals surface area contributed by atoms with E-state index in [0.717, 1.165) is 36.6 Å². The van der Waals surface area contributed by atoms with Gasteiger partial charge in [-0.25, -0.2) is 13.5 Å². The molecule has 2 aromatic carbocycles. The third-order valence-corrected chi connectivity index (χ3v) is 8.09. The van der Waals surface area contributed by atoms with Gasteiger partial charge in [-0.05, 0) is 23.3 Å². The Balaban J connectivity index is 1.25. The molecule has 2 atom stereocenters. The first-order valence-corrected chi connectivity index (χ1v) is 14.9. The van der Waals surface area contributed by atoms with Gasteiger partial charge < -0.3 is 19.5 Å². The standard InChI is InChI=1S/C29H40N6O3S/c1-32(2)26-11-9-24(10-12-26)20-34-23-30-19-27(34)13-14-31-29(36)28-21-33(15-16-35(28)39(3)37)17-18-38-22-25-7-5-4-6-8-25/h4-12,19,23,28H,13-18,20-22H2,1-3H3,(H,31,36). The molecule has 0 spiro atoms. The summed E-state index contributed by atoms with van der Waals surface area (Å²) in [6, 6.07) is 18.1. The summed E-state index contributed by atoms with van der Waals surface area (Å²) in [5.74, 6) is -0.0922. The molecule has 1 aromatic heterocycles. The first-order chi connectivity index (χ1) is 18.9. The molecule has 1 fully saturated rings. The summed E-state index contributed by atoms with van der Waals surface area (Å²) >= 11 is 0. The molecule has 10 heteroatoms. The summed E-state index contributed by atoms with van der Waals surface area (Å²) in [5, 5.41) is 3.08. The summed E-state index contributed by atoms with van der Waals surface area (Å²) < 4.78 is 22.1. The number of carbonyl (C=O) groups is 1. The Kier molecular flexibility index (Phi) is 10.7. The number of aromatic nitrogens is 2. The van der Waals surface area contributed by atoms with Crippen molar-refractivity contribution in [3.63, 3.8) is 0 Å². The maximum atomic E-state index is 13.2. The van der Waals surface area contributed by atoms with E-state index in [4.69, 9.17) is 4.74 Å². The van der Waals surface area contributed by atoms with Gasteiger partial charge in [0.25, 0.3) is 0 Å². The zero-order chi connectivity index (χ0) is 27.6. The molecule has 1 amide bonds. The fourth-order valence-electron chi connectivity index (χ4n) is 4.73. The fourth-order valence-corrected chi connectivity index (χ4v) is 5.59. The molecule has 1 N–H and O–H groups in total. The van der Waals surface area contributed by atoms with Crippen molar-refractivity contribution in [1.29, 1.82) is 0 Å².